The van der Waals surface area contributed by atoms with Crippen LogP contribution >= 0.6 is 0 Å². The Hall–Kier alpha value is -5.03. The summed E-state index contributed by atoms with van der Waals surface area (Å²) in [6, 6.07) is 31.8. The zero-order valence-electron chi connectivity index (χ0n) is 24.4. The number of methoxy groups -OCH3 is 1. The maximum atomic E-state index is 13.2. The van der Waals surface area contributed by atoms with Crippen molar-refractivity contribution in [2.75, 3.05) is 13.7 Å². The van der Waals surface area contributed by atoms with Crippen LogP contribution in [0.15, 0.2) is 115 Å². The van der Waals surface area contributed by atoms with Crippen molar-refractivity contribution in [2.45, 2.75) is 37.3 Å². The maximum Gasteiger partial charge on any atom is 0.338 e. The Morgan fingerprint density at radius 3 is 1.67 bits per heavy atom. The first-order valence-corrected chi connectivity index (χ1v) is 14.2. The smallest absolute Gasteiger partial charge is 0.338 e. The second-order valence-corrected chi connectivity index (χ2v) is 10.1. The molecule has 0 radical (unpaired) electrons. The summed E-state index contributed by atoms with van der Waals surface area (Å²) in [5.74, 6) is -1.50. The molecule has 5 rings (SSSR count). The summed E-state index contributed by atoms with van der Waals surface area (Å²) in [6.07, 6.45) is -6.98. The lowest BCUT2D eigenvalue weighted by Gasteiger charge is -2.43. The first kappa shape index (κ1) is 31.4. The van der Waals surface area contributed by atoms with E-state index < -0.39 is 55.2 Å². The molecule has 0 saturated carbocycles. The van der Waals surface area contributed by atoms with Gasteiger partial charge in [0.05, 0.1) is 30.4 Å². The van der Waals surface area contributed by atoms with Crippen LogP contribution in [0.2, 0.25) is 0 Å². The molecule has 1 heterocycles. The van der Waals surface area contributed by atoms with E-state index in [1.807, 2.05) is 0 Å². The van der Waals surface area contributed by atoms with Crippen LogP contribution in [0.4, 0.5) is 0 Å². The van der Waals surface area contributed by atoms with Gasteiger partial charge in [-0.15, -0.1) is 0 Å². The summed E-state index contributed by atoms with van der Waals surface area (Å²) in [4.78, 5) is 39.1. The second kappa shape index (κ2) is 15.1. The van der Waals surface area contributed by atoms with Gasteiger partial charge in [-0.25, -0.2) is 14.4 Å². The summed E-state index contributed by atoms with van der Waals surface area (Å²) in [6.45, 7) is -0.407. The molecular formula is C35H32O10. The van der Waals surface area contributed by atoms with Crippen LogP contribution in [0.5, 0.6) is 5.75 Å². The SMILES string of the molecule is COc1ccc(CO[C@@H]2O[C@H](COC(=O)c3ccccc3)[C@@H](O)[C@H](OC(=O)c3ccccc3)[C@H]2OC(=O)c2ccccc2)cc1. The summed E-state index contributed by atoms with van der Waals surface area (Å²) in [7, 11) is 1.56. The fourth-order valence-corrected chi connectivity index (χ4v) is 4.67. The molecule has 45 heavy (non-hydrogen) atoms. The Morgan fingerprint density at radius 1 is 0.667 bits per heavy atom. The first-order valence-electron chi connectivity index (χ1n) is 14.2. The molecule has 1 N–H and O–H groups in total. The van der Waals surface area contributed by atoms with E-state index in [1.54, 1.807) is 122 Å². The topological polar surface area (TPSA) is 127 Å². The molecule has 0 spiro atoms. The monoisotopic (exact) mass is 612 g/mol. The van der Waals surface area contributed by atoms with Crippen LogP contribution in [0.1, 0.15) is 36.6 Å². The highest BCUT2D eigenvalue weighted by molar-refractivity contribution is 5.90. The highest BCUT2D eigenvalue weighted by Gasteiger charge is 2.51. The van der Waals surface area contributed by atoms with Gasteiger partial charge in [-0.1, -0.05) is 66.7 Å². The lowest BCUT2D eigenvalue weighted by Crippen LogP contribution is -2.62. The Kier molecular flexibility index (Phi) is 10.5. The van der Waals surface area contributed by atoms with Gasteiger partial charge >= 0.3 is 17.9 Å². The third-order valence-electron chi connectivity index (χ3n) is 7.09. The molecule has 4 aromatic rings. The van der Waals surface area contributed by atoms with Gasteiger partial charge in [-0.3, -0.25) is 0 Å². The predicted molar refractivity (Wildman–Crippen MR) is 160 cm³/mol. The number of rotatable bonds is 11. The van der Waals surface area contributed by atoms with Crippen LogP contribution in [0, 0.1) is 0 Å². The zero-order chi connectivity index (χ0) is 31.6. The Labute approximate surface area is 260 Å². The number of hydrogen-bond acceptors (Lipinski definition) is 10. The van der Waals surface area contributed by atoms with E-state index >= 15 is 0 Å². The van der Waals surface area contributed by atoms with Crippen LogP contribution in [0.3, 0.4) is 0 Å². The highest BCUT2D eigenvalue weighted by Crippen LogP contribution is 2.30. The number of aliphatic hydroxyl groups excluding tert-OH is 1. The molecule has 5 atom stereocenters. The van der Waals surface area contributed by atoms with Crippen LogP contribution < -0.4 is 4.74 Å². The van der Waals surface area contributed by atoms with Gasteiger partial charge in [-0.05, 0) is 54.1 Å². The number of carbonyl (C=O) groups is 3. The number of benzene rings is 4. The molecule has 1 saturated heterocycles. The molecule has 0 aliphatic carbocycles. The van der Waals surface area contributed by atoms with E-state index in [2.05, 4.69) is 0 Å². The van der Waals surface area contributed by atoms with Crippen molar-refractivity contribution in [3.8, 4) is 5.75 Å². The van der Waals surface area contributed by atoms with E-state index in [4.69, 9.17) is 28.4 Å². The average Bonchev–Trinajstić information content (AvgIpc) is 3.10. The van der Waals surface area contributed by atoms with Gasteiger partial charge < -0.3 is 33.5 Å². The van der Waals surface area contributed by atoms with Gasteiger partial charge in [0.2, 0.25) is 0 Å². The van der Waals surface area contributed by atoms with Crippen LogP contribution in [-0.4, -0.2) is 67.4 Å². The van der Waals surface area contributed by atoms with E-state index in [-0.39, 0.29) is 17.7 Å². The molecule has 1 fully saturated rings. The molecular weight excluding hydrogens is 580 g/mol. The van der Waals surface area contributed by atoms with Crippen molar-refractivity contribution in [3.05, 3.63) is 138 Å². The number of ether oxygens (including phenoxy) is 6. The van der Waals surface area contributed by atoms with Crippen molar-refractivity contribution >= 4 is 17.9 Å². The molecule has 1 aliphatic rings. The normalized spacial score (nSPS) is 20.9. The van der Waals surface area contributed by atoms with E-state index in [1.165, 1.54) is 0 Å². The fraction of sp³-hybridized carbons (Fsp3) is 0.229. The molecule has 4 aromatic carbocycles. The molecule has 232 valence electrons. The van der Waals surface area contributed by atoms with E-state index in [9.17, 15) is 19.5 Å². The second-order valence-electron chi connectivity index (χ2n) is 10.1. The minimum atomic E-state index is -1.57. The molecule has 0 unspecified atom stereocenters. The Morgan fingerprint density at radius 2 is 1.16 bits per heavy atom. The summed E-state index contributed by atoms with van der Waals surface area (Å²) >= 11 is 0. The molecule has 0 aromatic heterocycles. The molecule has 0 amide bonds. The predicted octanol–water partition coefficient (Wildman–Crippen LogP) is 4.61. The minimum Gasteiger partial charge on any atom is -0.497 e. The number of esters is 3. The van der Waals surface area contributed by atoms with Crippen molar-refractivity contribution in [1.82, 2.24) is 0 Å². The van der Waals surface area contributed by atoms with Crippen molar-refractivity contribution in [3.63, 3.8) is 0 Å². The zero-order valence-corrected chi connectivity index (χ0v) is 24.4. The highest BCUT2D eigenvalue weighted by atomic mass is 16.7. The lowest BCUT2D eigenvalue weighted by molar-refractivity contribution is -0.302. The molecule has 10 heteroatoms. The van der Waals surface area contributed by atoms with E-state index in [0.29, 0.717) is 11.3 Å². The van der Waals surface area contributed by atoms with Crippen LogP contribution in [-0.2, 0) is 30.3 Å². The summed E-state index contributed by atoms with van der Waals surface area (Å²) in [5.41, 5.74) is 1.49. The summed E-state index contributed by atoms with van der Waals surface area (Å²) in [5, 5.41) is 11.5. The summed E-state index contributed by atoms with van der Waals surface area (Å²) < 4.78 is 34.5. The largest absolute Gasteiger partial charge is 0.497 e. The van der Waals surface area contributed by atoms with Gasteiger partial charge in [0.15, 0.2) is 18.5 Å². The Bertz CT molecular complexity index is 1540. The molecule has 1 aliphatic heterocycles. The third kappa shape index (κ3) is 8.12. The quantitative estimate of drug-likeness (QED) is 0.190. The van der Waals surface area contributed by atoms with Crippen molar-refractivity contribution in [2.24, 2.45) is 0 Å². The molecule has 10 nitrogen and oxygen atoms in total. The number of aliphatic hydroxyl groups is 1. The fourth-order valence-electron chi connectivity index (χ4n) is 4.67. The maximum absolute atomic E-state index is 13.2. The van der Waals surface area contributed by atoms with Gasteiger partial charge in [0.1, 0.15) is 24.6 Å². The third-order valence-corrected chi connectivity index (χ3v) is 7.09. The number of carbonyl (C=O) groups excluding carboxylic acids is 3. The molecule has 0 bridgehead atoms. The van der Waals surface area contributed by atoms with Crippen molar-refractivity contribution in [1.29, 1.82) is 0 Å². The Balaban J connectivity index is 1.43. The van der Waals surface area contributed by atoms with Gasteiger partial charge in [0.25, 0.3) is 0 Å². The average molecular weight is 613 g/mol. The van der Waals surface area contributed by atoms with Crippen molar-refractivity contribution < 1.29 is 47.9 Å². The first-order chi connectivity index (χ1) is 21.9. The minimum absolute atomic E-state index is 0.0000182. The van der Waals surface area contributed by atoms with Gasteiger partial charge in [-0.2, -0.15) is 0 Å². The van der Waals surface area contributed by atoms with Gasteiger partial charge in [0, 0.05) is 0 Å². The standard InChI is InChI=1S/C35H32O10/c1-40-27-19-17-23(18-20-27)21-42-35-31(45-34(39)26-15-9-4-10-16-26)30(44-33(38)25-13-7-3-8-14-25)29(36)28(43-35)22-41-32(37)24-11-5-2-6-12-24/h2-20,28-31,35-36H,21-22H2,1H3/t28-,29-,30+,31-,35-/m1/s1. The van der Waals surface area contributed by atoms with E-state index in [0.717, 1.165) is 5.56 Å². The lowest BCUT2D eigenvalue weighted by atomic mass is 9.98. The number of hydrogen-bond donors (Lipinski definition) is 1. The van der Waals surface area contributed by atoms with Crippen LogP contribution in [0.25, 0.3) is 0 Å².